The van der Waals surface area contributed by atoms with Crippen LogP contribution < -0.4 is 21.3 Å². The SMILES string of the molecule is CNC(=O)c1c(-c2ccc(F)cc2)oc2nc(NCC(F)(F)F)c(-c3cccc(C(=O)NC(C)(C)C(=O)NC)c3)cc12. The van der Waals surface area contributed by atoms with Gasteiger partial charge in [-0.1, -0.05) is 12.1 Å². The van der Waals surface area contributed by atoms with Gasteiger partial charge in [0, 0.05) is 30.8 Å². The minimum atomic E-state index is -4.59. The Bertz CT molecular complexity index is 1660. The van der Waals surface area contributed by atoms with Crippen molar-refractivity contribution in [2.75, 3.05) is 26.0 Å². The summed E-state index contributed by atoms with van der Waals surface area (Å²) >= 11 is 0. The molecule has 0 radical (unpaired) electrons. The largest absolute Gasteiger partial charge is 0.437 e. The Morgan fingerprint density at radius 2 is 1.60 bits per heavy atom. The van der Waals surface area contributed by atoms with Crippen molar-refractivity contribution >= 4 is 34.6 Å². The molecule has 0 atom stereocenters. The number of amides is 3. The average Bonchev–Trinajstić information content (AvgIpc) is 3.32. The number of carbonyl (C=O) groups excluding carboxylic acids is 3. The van der Waals surface area contributed by atoms with Crippen LogP contribution in [-0.4, -0.2) is 55.1 Å². The summed E-state index contributed by atoms with van der Waals surface area (Å²) in [5, 5.41) is 10.0. The minimum absolute atomic E-state index is 0.0384. The molecule has 0 fully saturated rings. The van der Waals surface area contributed by atoms with Crippen molar-refractivity contribution in [3.05, 3.63) is 71.5 Å². The normalized spacial score (nSPS) is 11.7. The molecule has 13 heteroatoms. The van der Waals surface area contributed by atoms with Crippen LogP contribution in [-0.2, 0) is 4.79 Å². The molecule has 2 heterocycles. The van der Waals surface area contributed by atoms with E-state index in [2.05, 4.69) is 26.3 Å². The van der Waals surface area contributed by atoms with E-state index in [0.717, 1.165) is 0 Å². The third-order valence-corrected chi connectivity index (χ3v) is 6.36. The van der Waals surface area contributed by atoms with Gasteiger partial charge in [0.05, 0.1) is 10.9 Å². The minimum Gasteiger partial charge on any atom is -0.437 e. The number of pyridine rings is 1. The highest BCUT2D eigenvalue weighted by Gasteiger charge is 2.31. The molecule has 4 rings (SSSR count). The number of nitrogens with one attached hydrogen (secondary N) is 4. The number of alkyl halides is 3. The van der Waals surface area contributed by atoms with Crippen molar-refractivity contribution in [1.29, 1.82) is 0 Å². The van der Waals surface area contributed by atoms with E-state index in [4.69, 9.17) is 4.42 Å². The first-order valence-electron chi connectivity index (χ1n) is 12.7. The molecule has 42 heavy (non-hydrogen) atoms. The zero-order chi connectivity index (χ0) is 30.8. The van der Waals surface area contributed by atoms with Gasteiger partial charge in [-0.3, -0.25) is 14.4 Å². The van der Waals surface area contributed by atoms with E-state index in [1.54, 1.807) is 6.07 Å². The summed E-state index contributed by atoms with van der Waals surface area (Å²) < 4.78 is 59.0. The summed E-state index contributed by atoms with van der Waals surface area (Å²) in [6.45, 7) is 1.61. The molecule has 0 unspecified atom stereocenters. The lowest BCUT2D eigenvalue weighted by Crippen LogP contribution is -2.53. The van der Waals surface area contributed by atoms with Crippen molar-refractivity contribution in [3.8, 4) is 22.5 Å². The molecule has 4 aromatic rings. The first kappa shape index (κ1) is 30.0. The van der Waals surface area contributed by atoms with Crippen molar-refractivity contribution in [2.24, 2.45) is 0 Å². The number of anilines is 1. The molecular weight excluding hydrogens is 558 g/mol. The van der Waals surface area contributed by atoms with Crippen LogP contribution >= 0.6 is 0 Å². The lowest BCUT2D eigenvalue weighted by molar-refractivity contribution is -0.125. The number of benzene rings is 2. The summed E-state index contributed by atoms with van der Waals surface area (Å²) in [6.07, 6.45) is -4.59. The van der Waals surface area contributed by atoms with Gasteiger partial charge in [-0.2, -0.15) is 18.2 Å². The van der Waals surface area contributed by atoms with Gasteiger partial charge in [-0.05, 0) is 61.9 Å². The number of nitrogens with zero attached hydrogens (tertiary/aromatic N) is 1. The molecule has 0 spiro atoms. The van der Waals surface area contributed by atoms with Crippen LogP contribution in [0, 0.1) is 5.82 Å². The Hall–Kier alpha value is -4.94. The monoisotopic (exact) mass is 585 g/mol. The average molecular weight is 586 g/mol. The van der Waals surface area contributed by atoms with Crippen LogP contribution in [0.3, 0.4) is 0 Å². The number of aromatic nitrogens is 1. The summed E-state index contributed by atoms with van der Waals surface area (Å²) in [5.41, 5.74) is -0.444. The Kier molecular flexibility index (Phi) is 8.23. The molecule has 0 aliphatic heterocycles. The second kappa shape index (κ2) is 11.5. The second-order valence-corrected chi connectivity index (χ2v) is 9.84. The first-order valence-corrected chi connectivity index (χ1v) is 12.7. The predicted molar refractivity (Wildman–Crippen MR) is 148 cm³/mol. The van der Waals surface area contributed by atoms with Crippen molar-refractivity contribution < 1.29 is 36.4 Å². The fourth-order valence-corrected chi connectivity index (χ4v) is 4.27. The lowest BCUT2D eigenvalue weighted by Gasteiger charge is -2.24. The Balaban J connectivity index is 1.89. The standard InChI is InChI=1S/C29H27F4N5O4/c1-28(2,27(41)35-4)38-24(39)17-7-5-6-16(12-17)19-13-20-21(25(40)34-3)22(15-8-10-18(30)11-9-15)42-26(20)37-23(19)36-14-29(31,32)33/h5-13H,14H2,1-4H3,(H,34,40)(H,35,41)(H,36,37)(H,38,39). The van der Waals surface area contributed by atoms with Gasteiger partial charge in [-0.25, -0.2) is 4.39 Å². The second-order valence-electron chi connectivity index (χ2n) is 9.84. The van der Waals surface area contributed by atoms with Gasteiger partial charge in [0.2, 0.25) is 11.6 Å². The number of fused-ring (bicyclic) bond motifs is 1. The quantitative estimate of drug-likeness (QED) is 0.218. The maximum Gasteiger partial charge on any atom is 0.405 e. The molecular formula is C29H27F4N5O4. The lowest BCUT2D eigenvalue weighted by atomic mass is 9.99. The third-order valence-electron chi connectivity index (χ3n) is 6.36. The zero-order valence-electron chi connectivity index (χ0n) is 23.0. The summed E-state index contributed by atoms with van der Waals surface area (Å²) in [7, 11) is 2.82. The van der Waals surface area contributed by atoms with Crippen molar-refractivity contribution in [2.45, 2.75) is 25.6 Å². The summed E-state index contributed by atoms with van der Waals surface area (Å²) in [4.78, 5) is 42.4. The maximum absolute atomic E-state index is 13.6. The number of rotatable bonds is 8. The third kappa shape index (κ3) is 6.35. The molecule has 0 aliphatic rings. The van der Waals surface area contributed by atoms with E-state index in [9.17, 15) is 31.9 Å². The van der Waals surface area contributed by atoms with Gasteiger partial charge in [0.25, 0.3) is 11.8 Å². The Morgan fingerprint density at radius 3 is 2.21 bits per heavy atom. The van der Waals surface area contributed by atoms with Crippen LogP contribution in [0.25, 0.3) is 33.6 Å². The van der Waals surface area contributed by atoms with Crippen molar-refractivity contribution in [1.82, 2.24) is 20.9 Å². The van der Waals surface area contributed by atoms with Crippen LogP contribution in [0.1, 0.15) is 34.6 Å². The van der Waals surface area contributed by atoms with Crippen LogP contribution in [0.2, 0.25) is 0 Å². The molecule has 220 valence electrons. The smallest absolute Gasteiger partial charge is 0.405 e. The molecule has 2 aromatic carbocycles. The van der Waals surface area contributed by atoms with Crippen LogP contribution in [0.15, 0.2) is 59.0 Å². The number of hydrogen-bond acceptors (Lipinski definition) is 6. The van der Waals surface area contributed by atoms with E-state index in [1.807, 2.05) is 0 Å². The molecule has 0 saturated carbocycles. The summed E-state index contributed by atoms with van der Waals surface area (Å²) in [6, 6.07) is 12.6. The van der Waals surface area contributed by atoms with E-state index in [1.165, 1.54) is 76.5 Å². The van der Waals surface area contributed by atoms with Gasteiger partial charge in [0.15, 0.2) is 0 Å². The zero-order valence-corrected chi connectivity index (χ0v) is 23.0. The molecule has 3 amide bonds. The molecule has 0 aliphatic carbocycles. The van der Waals surface area contributed by atoms with E-state index in [-0.39, 0.29) is 39.4 Å². The highest BCUT2D eigenvalue weighted by molar-refractivity contribution is 6.11. The maximum atomic E-state index is 13.6. The Morgan fingerprint density at radius 1 is 0.905 bits per heavy atom. The van der Waals surface area contributed by atoms with E-state index < -0.39 is 41.8 Å². The number of carbonyl (C=O) groups is 3. The number of likely N-dealkylation sites (N-methyl/N-ethyl adjacent to an activating group) is 1. The Labute approximate surface area is 237 Å². The topological polar surface area (TPSA) is 125 Å². The number of hydrogen-bond donors (Lipinski definition) is 4. The van der Waals surface area contributed by atoms with Crippen LogP contribution in [0.4, 0.5) is 23.4 Å². The van der Waals surface area contributed by atoms with Crippen LogP contribution in [0.5, 0.6) is 0 Å². The van der Waals surface area contributed by atoms with E-state index >= 15 is 0 Å². The summed E-state index contributed by atoms with van der Waals surface area (Å²) in [5.74, 6) is -2.29. The fourth-order valence-electron chi connectivity index (χ4n) is 4.27. The predicted octanol–water partition coefficient (Wildman–Crippen LogP) is 4.89. The van der Waals surface area contributed by atoms with Crippen molar-refractivity contribution in [3.63, 3.8) is 0 Å². The fraction of sp³-hybridized carbons (Fsp3) is 0.241. The molecule has 0 saturated heterocycles. The van der Waals surface area contributed by atoms with Gasteiger partial charge in [0.1, 0.15) is 29.5 Å². The number of halogens is 4. The highest BCUT2D eigenvalue weighted by Crippen LogP contribution is 2.38. The molecule has 4 N–H and O–H groups in total. The van der Waals surface area contributed by atoms with E-state index in [0.29, 0.717) is 11.1 Å². The number of furan rings is 1. The first-order chi connectivity index (χ1) is 19.7. The molecule has 9 nitrogen and oxygen atoms in total. The van der Waals surface area contributed by atoms with Gasteiger partial charge >= 0.3 is 6.18 Å². The van der Waals surface area contributed by atoms with Gasteiger partial charge in [-0.15, -0.1) is 0 Å². The van der Waals surface area contributed by atoms with Gasteiger partial charge < -0.3 is 25.7 Å². The highest BCUT2D eigenvalue weighted by atomic mass is 19.4. The molecule has 2 aromatic heterocycles. The molecule has 0 bridgehead atoms.